The van der Waals surface area contributed by atoms with Gasteiger partial charge in [-0.2, -0.15) is 0 Å². The van der Waals surface area contributed by atoms with Gasteiger partial charge in [-0.1, -0.05) is 42.5 Å². The van der Waals surface area contributed by atoms with E-state index in [-0.39, 0.29) is 17.5 Å². The van der Waals surface area contributed by atoms with E-state index in [9.17, 15) is 13.2 Å². The second-order valence-corrected chi connectivity index (χ2v) is 7.01. The SMILES string of the molecule is CC(c1cccc(S(N)(=O)=O)c1)N(C)C(=O)OCc1ccccc1. The molecule has 0 saturated heterocycles. The molecular weight excluding hydrogens is 328 g/mol. The van der Waals surface area contributed by atoms with Crippen LogP contribution in [0.15, 0.2) is 59.5 Å². The molecule has 0 radical (unpaired) electrons. The number of hydrogen-bond donors (Lipinski definition) is 1. The minimum Gasteiger partial charge on any atom is -0.445 e. The molecule has 2 N–H and O–H groups in total. The third-order valence-corrected chi connectivity index (χ3v) is 4.65. The Hall–Kier alpha value is -2.38. The van der Waals surface area contributed by atoms with Gasteiger partial charge in [-0.05, 0) is 30.2 Å². The molecule has 2 aromatic rings. The van der Waals surface area contributed by atoms with Crippen LogP contribution in [0.1, 0.15) is 24.1 Å². The Morgan fingerprint density at radius 3 is 2.46 bits per heavy atom. The average molecular weight is 348 g/mol. The number of carbonyl (C=O) groups excluding carboxylic acids is 1. The molecule has 0 heterocycles. The summed E-state index contributed by atoms with van der Waals surface area (Å²) in [6.45, 7) is 1.96. The van der Waals surface area contributed by atoms with Gasteiger partial charge in [0.1, 0.15) is 6.61 Å². The second kappa shape index (κ2) is 7.46. The first-order valence-corrected chi connectivity index (χ1v) is 8.90. The minimum absolute atomic E-state index is 0.0119. The van der Waals surface area contributed by atoms with Gasteiger partial charge in [-0.25, -0.2) is 18.4 Å². The number of nitrogens with two attached hydrogens (primary N) is 1. The molecule has 24 heavy (non-hydrogen) atoms. The van der Waals surface area contributed by atoms with Crippen LogP contribution in [0.5, 0.6) is 0 Å². The smallest absolute Gasteiger partial charge is 0.410 e. The molecule has 0 spiro atoms. The number of benzene rings is 2. The Morgan fingerprint density at radius 2 is 1.83 bits per heavy atom. The fraction of sp³-hybridized carbons (Fsp3) is 0.235. The maximum Gasteiger partial charge on any atom is 0.410 e. The molecule has 0 saturated carbocycles. The number of carbonyl (C=O) groups is 1. The van der Waals surface area contributed by atoms with Crippen LogP contribution < -0.4 is 5.14 Å². The lowest BCUT2D eigenvalue weighted by molar-refractivity contribution is 0.0934. The highest BCUT2D eigenvalue weighted by atomic mass is 32.2. The molecule has 0 fully saturated rings. The summed E-state index contributed by atoms with van der Waals surface area (Å²) < 4.78 is 28.2. The van der Waals surface area contributed by atoms with Crippen molar-refractivity contribution in [3.8, 4) is 0 Å². The standard InChI is InChI=1S/C17H20N2O4S/c1-13(15-9-6-10-16(11-15)24(18,21)22)19(2)17(20)23-12-14-7-4-3-5-8-14/h3-11,13H,12H2,1-2H3,(H2,18,21,22). The van der Waals surface area contributed by atoms with Gasteiger partial charge in [0.05, 0.1) is 10.9 Å². The third-order valence-electron chi connectivity index (χ3n) is 3.74. The lowest BCUT2D eigenvalue weighted by Crippen LogP contribution is -2.30. The number of hydrogen-bond acceptors (Lipinski definition) is 4. The third kappa shape index (κ3) is 4.56. The van der Waals surface area contributed by atoms with Crippen molar-refractivity contribution in [2.75, 3.05) is 7.05 Å². The molecule has 1 amide bonds. The summed E-state index contributed by atoms with van der Waals surface area (Å²) in [7, 11) is -2.19. The molecule has 1 atom stereocenters. The van der Waals surface area contributed by atoms with Gasteiger partial charge in [-0.15, -0.1) is 0 Å². The van der Waals surface area contributed by atoms with Gasteiger partial charge in [0.25, 0.3) is 0 Å². The van der Waals surface area contributed by atoms with E-state index in [1.807, 2.05) is 30.3 Å². The predicted molar refractivity (Wildman–Crippen MR) is 90.6 cm³/mol. The van der Waals surface area contributed by atoms with Crippen LogP contribution in [0.4, 0.5) is 4.79 Å². The summed E-state index contributed by atoms with van der Waals surface area (Å²) in [5.41, 5.74) is 1.55. The van der Waals surface area contributed by atoms with Gasteiger partial charge in [-0.3, -0.25) is 0 Å². The largest absolute Gasteiger partial charge is 0.445 e. The molecule has 0 aromatic heterocycles. The van der Waals surface area contributed by atoms with E-state index in [1.54, 1.807) is 26.1 Å². The zero-order valence-electron chi connectivity index (χ0n) is 13.5. The lowest BCUT2D eigenvalue weighted by atomic mass is 10.1. The maximum absolute atomic E-state index is 12.2. The summed E-state index contributed by atoms with van der Waals surface area (Å²) in [6.07, 6.45) is -0.493. The Morgan fingerprint density at radius 1 is 1.17 bits per heavy atom. The van der Waals surface area contributed by atoms with E-state index < -0.39 is 16.1 Å². The van der Waals surface area contributed by atoms with E-state index >= 15 is 0 Å². The van der Waals surface area contributed by atoms with Crippen LogP contribution in [0, 0.1) is 0 Å². The molecule has 2 aromatic carbocycles. The van der Waals surface area contributed by atoms with Crippen LogP contribution in [-0.2, 0) is 21.4 Å². The molecule has 0 aliphatic rings. The Kier molecular flexibility index (Phi) is 5.58. The fourth-order valence-electron chi connectivity index (χ4n) is 2.15. The molecule has 7 heteroatoms. The van der Waals surface area contributed by atoms with Crippen molar-refractivity contribution >= 4 is 16.1 Å². The lowest BCUT2D eigenvalue weighted by Gasteiger charge is -2.25. The van der Waals surface area contributed by atoms with Crippen LogP contribution >= 0.6 is 0 Å². The summed E-state index contributed by atoms with van der Waals surface area (Å²) in [6, 6.07) is 15.2. The molecule has 1 unspecified atom stereocenters. The summed E-state index contributed by atoms with van der Waals surface area (Å²) >= 11 is 0. The monoisotopic (exact) mass is 348 g/mol. The van der Waals surface area contributed by atoms with Crippen molar-refractivity contribution in [1.82, 2.24) is 4.90 Å². The van der Waals surface area contributed by atoms with Crippen molar-refractivity contribution in [2.45, 2.75) is 24.5 Å². The van der Waals surface area contributed by atoms with Gasteiger partial charge in [0.15, 0.2) is 0 Å². The van der Waals surface area contributed by atoms with E-state index in [0.717, 1.165) is 5.56 Å². The van der Waals surface area contributed by atoms with Gasteiger partial charge < -0.3 is 9.64 Å². The zero-order chi connectivity index (χ0) is 17.7. The fourth-order valence-corrected chi connectivity index (χ4v) is 2.72. The normalized spacial score (nSPS) is 12.5. The van der Waals surface area contributed by atoms with Gasteiger partial charge >= 0.3 is 6.09 Å². The van der Waals surface area contributed by atoms with E-state index in [2.05, 4.69) is 0 Å². The molecular formula is C17H20N2O4S. The van der Waals surface area contributed by atoms with Gasteiger partial charge in [0, 0.05) is 7.05 Å². The number of amides is 1. The molecule has 128 valence electrons. The summed E-state index contributed by atoms with van der Waals surface area (Å²) in [5.74, 6) is 0. The quantitative estimate of drug-likeness (QED) is 0.899. The zero-order valence-corrected chi connectivity index (χ0v) is 14.4. The number of rotatable bonds is 5. The summed E-state index contributed by atoms with van der Waals surface area (Å²) in [4.78, 5) is 13.6. The average Bonchev–Trinajstić information content (AvgIpc) is 2.58. The Bertz CT molecular complexity index is 806. The van der Waals surface area contributed by atoms with Crippen LogP contribution in [0.25, 0.3) is 0 Å². The number of nitrogens with zero attached hydrogens (tertiary/aromatic N) is 1. The van der Waals surface area contributed by atoms with Crippen LogP contribution in [-0.4, -0.2) is 26.5 Å². The van der Waals surface area contributed by atoms with Gasteiger partial charge in [0.2, 0.25) is 10.0 Å². The van der Waals surface area contributed by atoms with Crippen molar-refractivity contribution in [1.29, 1.82) is 0 Å². The first-order chi connectivity index (χ1) is 11.3. The van der Waals surface area contributed by atoms with Crippen molar-refractivity contribution < 1.29 is 17.9 Å². The molecule has 0 aliphatic heterocycles. The van der Waals surface area contributed by atoms with Crippen molar-refractivity contribution in [3.63, 3.8) is 0 Å². The first kappa shape index (κ1) is 18.0. The van der Waals surface area contributed by atoms with Crippen LogP contribution in [0.3, 0.4) is 0 Å². The maximum atomic E-state index is 12.2. The molecule has 0 aliphatic carbocycles. The predicted octanol–water partition coefficient (Wildman–Crippen LogP) is 2.66. The minimum atomic E-state index is -3.79. The van der Waals surface area contributed by atoms with Crippen molar-refractivity contribution in [3.05, 3.63) is 65.7 Å². The topological polar surface area (TPSA) is 89.7 Å². The highest BCUT2D eigenvalue weighted by Gasteiger charge is 2.20. The Labute approximate surface area is 141 Å². The molecule has 2 rings (SSSR count). The number of ether oxygens (including phenoxy) is 1. The number of sulfonamides is 1. The molecule has 0 bridgehead atoms. The highest BCUT2D eigenvalue weighted by molar-refractivity contribution is 7.89. The van der Waals surface area contributed by atoms with E-state index in [4.69, 9.17) is 9.88 Å². The number of primary sulfonamides is 1. The van der Waals surface area contributed by atoms with E-state index in [0.29, 0.717) is 5.56 Å². The van der Waals surface area contributed by atoms with Crippen LogP contribution in [0.2, 0.25) is 0 Å². The Balaban J connectivity index is 2.06. The molecule has 6 nitrogen and oxygen atoms in total. The first-order valence-electron chi connectivity index (χ1n) is 7.35. The highest BCUT2D eigenvalue weighted by Crippen LogP contribution is 2.22. The van der Waals surface area contributed by atoms with E-state index in [1.165, 1.54) is 17.0 Å². The van der Waals surface area contributed by atoms with Crippen molar-refractivity contribution in [2.24, 2.45) is 5.14 Å². The summed E-state index contributed by atoms with van der Waals surface area (Å²) in [5, 5.41) is 5.14. The second-order valence-electron chi connectivity index (χ2n) is 5.44.